The molecule has 5 aliphatic rings. The molecule has 5 amide bonds. The summed E-state index contributed by atoms with van der Waals surface area (Å²) in [5, 5.41) is 5.13. The van der Waals surface area contributed by atoms with Gasteiger partial charge in [-0.15, -0.1) is 4.98 Å². The number of fused-ring (bicyclic) bond motifs is 1. The van der Waals surface area contributed by atoms with Crippen molar-refractivity contribution in [3.8, 4) is 0 Å². The van der Waals surface area contributed by atoms with Crippen LogP contribution in [0.1, 0.15) is 71.2 Å². The van der Waals surface area contributed by atoms with Crippen LogP contribution in [-0.4, -0.2) is 114 Å². The van der Waals surface area contributed by atoms with Gasteiger partial charge in [0, 0.05) is 70.4 Å². The fourth-order valence-electron chi connectivity index (χ4n) is 8.92. The van der Waals surface area contributed by atoms with Gasteiger partial charge in [-0.3, -0.25) is 39.1 Å². The number of anilines is 4. The van der Waals surface area contributed by atoms with E-state index in [-0.39, 0.29) is 41.5 Å². The van der Waals surface area contributed by atoms with Crippen LogP contribution < -0.4 is 25.3 Å². The summed E-state index contributed by atoms with van der Waals surface area (Å²) in [4.78, 5) is 84.3. The lowest BCUT2D eigenvalue weighted by atomic mass is 9.93. The Bertz CT molecular complexity index is 2210. The molecule has 2 N–H and O–H groups in total. The standard InChI is InChI=1S/C42H45F3N10O5/c1-46-37-33(42(43,44)45)23-30(25-48-37)53-16-11-27(12-17-53)38(57)49-35-6-3-29(24-47-35)52-14-9-26(10-15-52)8-13-51-18-20-54(21-19-51)28-2-4-31-32(22-28)41(60)55(40(31)59)34-5-7-36(56)50-39(34)58/h2-4,6,22-27,34H,5,7-21H2,(H,47,49,57)(H,50,56,58). The first kappa shape index (κ1) is 40.7. The van der Waals surface area contributed by atoms with Crippen LogP contribution in [-0.2, 0) is 20.6 Å². The van der Waals surface area contributed by atoms with Gasteiger partial charge in [0.1, 0.15) is 18.1 Å². The fraction of sp³-hybridized carbons (Fsp3) is 0.476. The molecule has 60 heavy (non-hydrogen) atoms. The Kier molecular flexibility index (Phi) is 11.4. The highest BCUT2D eigenvalue weighted by molar-refractivity contribution is 6.23. The monoisotopic (exact) mass is 826 g/mol. The smallest absolute Gasteiger partial charge is 0.370 e. The molecule has 4 fully saturated rings. The Morgan fingerprint density at radius 1 is 0.783 bits per heavy atom. The minimum Gasteiger partial charge on any atom is -0.370 e. The molecule has 4 saturated heterocycles. The number of halogens is 3. The summed E-state index contributed by atoms with van der Waals surface area (Å²) in [5.41, 5.74) is 1.65. The molecule has 3 aromatic rings. The number of aromatic nitrogens is 2. The van der Waals surface area contributed by atoms with Crippen LogP contribution in [0.15, 0.2) is 48.8 Å². The lowest BCUT2D eigenvalue weighted by molar-refractivity contribution is -0.137. The van der Waals surface area contributed by atoms with Crippen molar-refractivity contribution in [2.45, 2.75) is 57.2 Å². The molecule has 18 heteroatoms. The van der Waals surface area contributed by atoms with Crippen LogP contribution >= 0.6 is 0 Å². The maximum Gasteiger partial charge on any atom is 0.409 e. The van der Waals surface area contributed by atoms with Crippen LogP contribution in [0, 0.1) is 18.4 Å². The topological polar surface area (TPSA) is 156 Å². The molecule has 7 heterocycles. The van der Waals surface area contributed by atoms with Gasteiger partial charge in [0.15, 0.2) is 0 Å². The Morgan fingerprint density at radius 2 is 1.43 bits per heavy atom. The van der Waals surface area contributed by atoms with Crippen molar-refractivity contribution in [1.82, 2.24) is 25.1 Å². The van der Waals surface area contributed by atoms with E-state index in [1.54, 1.807) is 29.3 Å². The van der Waals surface area contributed by atoms with Gasteiger partial charge in [0.05, 0.1) is 34.3 Å². The fourth-order valence-corrected chi connectivity index (χ4v) is 8.92. The van der Waals surface area contributed by atoms with Crippen molar-refractivity contribution < 1.29 is 37.1 Å². The van der Waals surface area contributed by atoms with E-state index < -0.39 is 47.2 Å². The molecule has 0 bridgehead atoms. The van der Waals surface area contributed by atoms with Crippen molar-refractivity contribution >= 4 is 58.2 Å². The molecule has 1 atom stereocenters. The first-order valence-electron chi connectivity index (χ1n) is 20.4. The highest BCUT2D eigenvalue weighted by Crippen LogP contribution is 2.38. The van der Waals surface area contributed by atoms with Crippen molar-refractivity contribution in [1.29, 1.82) is 0 Å². The second kappa shape index (κ2) is 16.9. The van der Waals surface area contributed by atoms with Crippen molar-refractivity contribution in [2.75, 3.05) is 78.9 Å². The van der Waals surface area contributed by atoms with E-state index in [9.17, 15) is 37.1 Å². The zero-order chi connectivity index (χ0) is 42.1. The number of alkyl halides is 3. The number of rotatable bonds is 9. The van der Waals surface area contributed by atoms with E-state index in [2.05, 4.69) is 40.1 Å². The van der Waals surface area contributed by atoms with Gasteiger partial charge >= 0.3 is 6.18 Å². The molecule has 0 saturated carbocycles. The molecule has 314 valence electrons. The van der Waals surface area contributed by atoms with E-state index in [1.165, 1.54) is 6.20 Å². The number of pyridine rings is 2. The molecule has 0 aliphatic carbocycles. The third kappa shape index (κ3) is 8.49. The van der Waals surface area contributed by atoms with Gasteiger partial charge in [-0.25, -0.2) is 4.98 Å². The first-order valence-corrected chi connectivity index (χ1v) is 20.4. The zero-order valence-electron chi connectivity index (χ0n) is 32.9. The Morgan fingerprint density at radius 3 is 2.10 bits per heavy atom. The highest BCUT2D eigenvalue weighted by atomic mass is 19.4. The molecule has 8 rings (SSSR count). The second-order valence-corrected chi connectivity index (χ2v) is 16.1. The lowest BCUT2D eigenvalue weighted by Gasteiger charge is -2.38. The van der Waals surface area contributed by atoms with E-state index >= 15 is 0 Å². The molecule has 2 aromatic heterocycles. The maximum absolute atomic E-state index is 13.4. The van der Waals surface area contributed by atoms with Crippen LogP contribution in [0.3, 0.4) is 0 Å². The number of imide groups is 2. The summed E-state index contributed by atoms with van der Waals surface area (Å²) in [7, 11) is 0. The predicted molar refractivity (Wildman–Crippen MR) is 215 cm³/mol. The van der Waals surface area contributed by atoms with E-state index in [4.69, 9.17) is 6.57 Å². The third-order valence-corrected chi connectivity index (χ3v) is 12.5. The summed E-state index contributed by atoms with van der Waals surface area (Å²) < 4.78 is 40.3. The molecular weight excluding hydrogens is 782 g/mol. The zero-order valence-corrected chi connectivity index (χ0v) is 32.9. The van der Waals surface area contributed by atoms with Gasteiger partial charge < -0.3 is 24.9 Å². The number of nitrogens with zero attached hydrogens (tertiary/aromatic N) is 8. The normalized spacial score (nSPS) is 20.9. The van der Waals surface area contributed by atoms with E-state index in [1.807, 2.05) is 12.1 Å². The number of amides is 5. The quantitative estimate of drug-likeness (QED) is 0.227. The number of hydrogen-bond donors (Lipinski definition) is 2. The molecule has 15 nitrogen and oxygen atoms in total. The number of piperidine rings is 3. The highest BCUT2D eigenvalue weighted by Gasteiger charge is 2.45. The predicted octanol–water partition coefficient (Wildman–Crippen LogP) is 4.73. The molecule has 1 aromatic carbocycles. The van der Waals surface area contributed by atoms with Crippen LogP contribution in [0.5, 0.6) is 0 Å². The molecular formula is C42H45F3N10O5. The number of carbonyl (C=O) groups is 5. The van der Waals surface area contributed by atoms with Gasteiger partial charge in [0.2, 0.25) is 17.7 Å². The summed E-state index contributed by atoms with van der Waals surface area (Å²) in [6, 6.07) is 9.00. The van der Waals surface area contributed by atoms with Gasteiger partial charge in [-0.1, -0.05) is 6.57 Å². The number of nitrogens with one attached hydrogen (secondary N) is 2. The molecule has 1 unspecified atom stereocenters. The van der Waals surface area contributed by atoms with Gasteiger partial charge in [0.25, 0.3) is 17.6 Å². The Balaban J connectivity index is 0.745. The largest absolute Gasteiger partial charge is 0.409 e. The number of benzene rings is 1. The summed E-state index contributed by atoms with van der Waals surface area (Å²) in [5.74, 6) is -2.14. The van der Waals surface area contributed by atoms with Crippen LogP contribution in [0.25, 0.3) is 4.85 Å². The van der Waals surface area contributed by atoms with Crippen LogP contribution in [0.2, 0.25) is 0 Å². The van der Waals surface area contributed by atoms with Gasteiger partial charge in [-0.2, -0.15) is 13.2 Å². The Hall–Kier alpha value is -6.09. The maximum atomic E-state index is 13.4. The van der Waals surface area contributed by atoms with Crippen molar-refractivity contribution in [2.24, 2.45) is 11.8 Å². The van der Waals surface area contributed by atoms with Gasteiger partial charge in [-0.05, 0) is 87.4 Å². The van der Waals surface area contributed by atoms with Crippen LogP contribution in [0.4, 0.5) is 41.9 Å². The number of piperazine rings is 1. The number of hydrogen-bond acceptors (Lipinski definition) is 11. The van der Waals surface area contributed by atoms with Crippen molar-refractivity contribution in [3.05, 3.63) is 76.9 Å². The first-order chi connectivity index (χ1) is 28.9. The van der Waals surface area contributed by atoms with Crippen molar-refractivity contribution in [3.63, 3.8) is 0 Å². The summed E-state index contributed by atoms with van der Waals surface area (Å²) in [6.45, 7) is 13.9. The van der Waals surface area contributed by atoms with E-state index in [0.717, 1.165) is 87.4 Å². The summed E-state index contributed by atoms with van der Waals surface area (Å²) in [6.07, 6.45) is 2.71. The average molecular weight is 827 g/mol. The molecule has 5 aliphatic heterocycles. The Labute approximate surface area is 344 Å². The molecule has 0 radical (unpaired) electrons. The second-order valence-electron chi connectivity index (χ2n) is 16.1. The summed E-state index contributed by atoms with van der Waals surface area (Å²) >= 11 is 0. The SMILES string of the molecule is [C-]#[N+]c1ncc(N2CCC(C(=O)Nc3ccc(N4CCC(CCN5CCN(c6ccc7c(c6)C(=O)N(C6CCC(=O)NC6=O)C7=O)CC5)CC4)cn3)CC2)cc1C(F)(F)F. The molecule has 0 spiro atoms. The average Bonchev–Trinajstić information content (AvgIpc) is 3.50. The number of carbonyl (C=O) groups excluding carboxylic acids is 5. The van der Waals surface area contributed by atoms with E-state index in [0.29, 0.717) is 37.7 Å². The minimum absolute atomic E-state index is 0.0791. The third-order valence-electron chi connectivity index (χ3n) is 12.5. The minimum atomic E-state index is -4.68. The lowest BCUT2D eigenvalue weighted by Crippen LogP contribution is -2.54.